The Morgan fingerprint density at radius 1 is 1.11 bits per heavy atom. The van der Waals surface area contributed by atoms with E-state index in [4.69, 9.17) is 10.5 Å². The highest BCUT2D eigenvalue weighted by atomic mass is 32.2. The highest BCUT2D eigenvalue weighted by Crippen LogP contribution is 2.28. The predicted molar refractivity (Wildman–Crippen MR) is 108 cm³/mol. The molecular weight excluding hydrogens is 360 g/mol. The van der Waals surface area contributed by atoms with Gasteiger partial charge < -0.3 is 15.4 Å². The Bertz CT molecular complexity index is 821. The van der Waals surface area contributed by atoms with Crippen molar-refractivity contribution < 1.29 is 14.3 Å². The fraction of sp³-hybridized carbons (Fsp3) is 0.333. The number of fused-ring (bicyclic) bond motifs is 1. The SMILES string of the molecule is COc1ccc(N(CCC(N)=O)C(=O)CSc2ccc3c(c2)CCC3)cc1. The van der Waals surface area contributed by atoms with Gasteiger partial charge in [0.05, 0.1) is 12.9 Å². The Hall–Kier alpha value is -2.47. The average molecular weight is 385 g/mol. The van der Waals surface area contributed by atoms with E-state index in [1.54, 1.807) is 24.1 Å². The van der Waals surface area contributed by atoms with Crippen molar-refractivity contribution in [2.24, 2.45) is 5.73 Å². The lowest BCUT2D eigenvalue weighted by Gasteiger charge is -2.22. The van der Waals surface area contributed by atoms with Crippen LogP contribution in [0.1, 0.15) is 24.0 Å². The Balaban J connectivity index is 1.68. The number of hydrogen-bond donors (Lipinski definition) is 1. The lowest BCUT2D eigenvalue weighted by atomic mass is 10.1. The summed E-state index contributed by atoms with van der Waals surface area (Å²) < 4.78 is 5.17. The minimum absolute atomic E-state index is 0.0492. The minimum Gasteiger partial charge on any atom is -0.497 e. The van der Waals surface area contributed by atoms with Crippen LogP contribution in [0.15, 0.2) is 47.4 Å². The number of carbonyl (C=O) groups excluding carboxylic acids is 2. The molecule has 0 aliphatic heterocycles. The standard InChI is InChI=1S/C21H24N2O3S/c1-26-18-8-6-17(7-9-18)23(12-11-20(22)24)21(25)14-27-19-10-5-15-3-2-4-16(15)13-19/h5-10,13H,2-4,11-12,14H2,1H3,(H2,22,24). The second-order valence-corrected chi connectivity index (χ2v) is 7.58. The van der Waals surface area contributed by atoms with Gasteiger partial charge in [-0.15, -0.1) is 11.8 Å². The van der Waals surface area contributed by atoms with E-state index in [0.29, 0.717) is 11.5 Å². The molecule has 1 aliphatic carbocycles. The molecule has 2 N–H and O–H groups in total. The van der Waals surface area contributed by atoms with Gasteiger partial charge in [-0.2, -0.15) is 0 Å². The third-order valence-electron chi connectivity index (χ3n) is 4.70. The summed E-state index contributed by atoms with van der Waals surface area (Å²) in [6, 6.07) is 13.7. The minimum atomic E-state index is -0.424. The smallest absolute Gasteiger partial charge is 0.237 e. The maximum atomic E-state index is 12.8. The zero-order valence-electron chi connectivity index (χ0n) is 15.4. The molecule has 2 amide bonds. The van der Waals surface area contributed by atoms with E-state index in [1.807, 2.05) is 12.1 Å². The highest BCUT2D eigenvalue weighted by Gasteiger charge is 2.18. The van der Waals surface area contributed by atoms with Gasteiger partial charge in [-0.05, 0) is 66.8 Å². The fourth-order valence-electron chi connectivity index (χ4n) is 3.24. The van der Waals surface area contributed by atoms with Gasteiger partial charge in [0.25, 0.3) is 0 Å². The molecule has 0 bridgehead atoms. The molecule has 0 saturated carbocycles. The Morgan fingerprint density at radius 3 is 2.56 bits per heavy atom. The number of nitrogens with zero attached hydrogens (tertiary/aromatic N) is 1. The van der Waals surface area contributed by atoms with Crippen LogP contribution in [0.5, 0.6) is 5.75 Å². The summed E-state index contributed by atoms with van der Waals surface area (Å²) in [6.07, 6.45) is 3.61. The van der Waals surface area contributed by atoms with E-state index in [2.05, 4.69) is 18.2 Å². The number of carbonyl (C=O) groups is 2. The van der Waals surface area contributed by atoms with Gasteiger partial charge >= 0.3 is 0 Å². The average Bonchev–Trinajstić information content (AvgIpc) is 3.14. The van der Waals surface area contributed by atoms with E-state index >= 15 is 0 Å². The number of rotatable bonds is 8. The van der Waals surface area contributed by atoms with Crippen LogP contribution in [0.4, 0.5) is 5.69 Å². The number of aryl methyl sites for hydroxylation is 2. The Morgan fingerprint density at radius 2 is 1.85 bits per heavy atom. The number of ether oxygens (including phenoxy) is 1. The third kappa shape index (κ3) is 5.04. The van der Waals surface area contributed by atoms with Crippen molar-refractivity contribution >= 4 is 29.3 Å². The Kier molecular flexibility index (Phi) is 6.40. The van der Waals surface area contributed by atoms with Crippen molar-refractivity contribution in [1.29, 1.82) is 0 Å². The van der Waals surface area contributed by atoms with Gasteiger partial charge in [0, 0.05) is 23.5 Å². The van der Waals surface area contributed by atoms with Gasteiger partial charge in [0.2, 0.25) is 11.8 Å². The molecule has 2 aromatic rings. The first-order valence-corrected chi connectivity index (χ1v) is 10.0. The molecule has 0 heterocycles. The number of hydrogen-bond acceptors (Lipinski definition) is 4. The zero-order chi connectivity index (χ0) is 19.2. The molecular formula is C21H24N2O3S. The number of methoxy groups -OCH3 is 1. The summed E-state index contributed by atoms with van der Waals surface area (Å²) in [5.41, 5.74) is 8.83. The van der Waals surface area contributed by atoms with Crippen molar-refractivity contribution in [2.45, 2.75) is 30.6 Å². The van der Waals surface area contributed by atoms with Crippen molar-refractivity contribution in [3.8, 4) is 5.75 Å². The van der Waals surface area contributed by atoms with Gasteiger partial charge in [0.15, 0.2) is 0 Å². The first-order valence-electron chi connectivity index (χ1n) is 9.04. The molecule has 0 saturated heterocycles. The number of benzene rings is 2. The molecule has 0 atom stereocenters. The van der Waals surface area contributed by atoms with Crippen molar-refractivity contribution in [2.75, 3.05) is 24.3 Å². The summed E-state index contributed by atoms with van der Waals surface area (Å²) >= 11 is 1.53. The van der Waals surface area contributed by atoms with Crippen molar-refractivity contribution in [3.63, 3.8) is 0 Å². The van der Waals surface area contributed by atoms with Gasteiger partial charge in [-0.1, -0.05) is 6.07 Å². The fourth-order valence-corrected chi connectivity index (χ4v) is 4.08. The van der Waals surface area contributed by atoms with Crippen LogP contribution in [0.25, 0.3) is 0 Å². The highest BCUT2D eigenvalue weighted by molar-refractivity contribution is 8.00. The number of anilines is 1. The maximum absolute atomic E-state index is 12.8. The van der Waals surface area contributed by atoms with Crippen LogP contribution >= 0.6 is 11.8 Å². The van der Waals surface area contributed by atoms with Crippen LogP contribution in [0.3, 0.4) is 0 Å². The lowest BCUT2D eigenvalue weighted by molar-refractivity contribution is -0.118. The molecule has 0 unspecified atom stereocenters. The first-order chi connectivity index (χ1) is 13.1. The predicted octanol–water partition coefficient (Wildman–Crippen LogP) is 3.18. The summed E-state index contributed by atoms with van der Waals surface area (Å²) in [5.74, 6) is 0.553. The molecule has 0 fully saturated rings. The molecule has 6 heteroatoms. The molecule has 0 aromatic heterocycles. The van der Waals surface area contributed by atoms with Gasteiger partial charge in [0.1, 0.15) is 5.75 Å². The van der Waals surface area contributed by atoms with Crippen LogP contribution in [0, 0.1) is 0 Å². The third-order valence-corrected chi connectivity index (χ3v) is 5.68. The molecule has 5 nitrogen and oxygen atoms in total. The zero-order valence-corrected chi connectivity index (χ0v) is 16.3. The molecule has 2 aromatic carbocycles. The second-order valence-electron chi connectivity index (χ2n) is 6.53. The van der Waals surface area contributed by atoms with Crippen LogP contribution in [-0.2, 0) is 22.4 Å². The van der Waals surface area contributed by atoms with Crippen molar-refractivity contribution in [1.82, 2.24) is 0 Å². The van der Waals surface area contributed by atoms with Crippen LogP contribution in [-0.4, -0.2) is 31.2 Å². The molecule has 142 valence electrons. The van der Waals surface area contributed by atoms with Gasteiger partial charge in [-0.25, -0.2) is 0 Å². The van der Waals surface area contributed by atoms with Crippen molar-refractivity contribution in [3.05, 3.63) is 53.6 Å². The van der Waals surface area contributed by atoms with Crippen LogP contribution in [0.2, 0.25) is 0 Å². The Labute approximate surface area is 163 Å². The number of nitrogens with two attached hydrogens (primary N) is 1. The van der Waals surface area contributed by atoms with E-state index in [1.165, 1.54) is 29.3 Å². The molecule has 27 heavy (non-hydrogen) atoms. The summed E-state index contributed by atoms with van der Waals surface area (Å²) in [4.78, 5) is 26.8. The lowest BCUT2D eigenvalue weighted by Crippen LogP contribution is -2.35. The summed E-state index contributed by atoms with van der Waals surface area (Å²) in [7, 11) is 1.60. The van der Waals surface area contributed by atoms with Crippen LogP contribution < -0.4 is 15.4 Å². The summed E-state index contributed by atoms with van der Waals surface area (Å²) in [5, 5.41) is 0. The topological polar surface area (TPSA) is 72.6 Å². The number of primary amides is 1. The van der Waals surface area contributed by atoms with E-state index in [0.717, 1.165) is 23.4 Å². The largest absolute Gasteiger partial charge is 0.497 e. The monoisotopic (exact) mass is 384 g/mol. The summed E-state index contributed by atoms with van der Waals surface area (Å²) in [6.45, 7) is 0.269. The number of amides is 2. The van der Waals surface area contributed by atoms with E-state index in [9.17, 15) is 9.59 Å². The quantitative estimate of drug-likeness (QED) is 0.710. The van der Waals surface area contributed by atoms with E-state index in [-0.39, 0.29) is 18.9 Å². The maximum Gasteiger partial charge on any atom is 0.237 e. The second kappa shape index (κ2) is 8.95. The number of thioether (sulfide) groups is 1. The molecule has 1 aliphatic rings. The first kappa shape index (κ1) is 19.3. The molecule has 3 rings (SSSR count). The van der Waals surface area contributed by atoms with Gasteiger partial charge in [-0.3, -0.25) is 9.59 Å². The molecule has 0 spiro atoms. The molecule has 0 radical (unpaired) electrons. The normalized spacial score (nSPS) is 12.5. The van der Waals surface area contributed by atoms with E-state index < -0.39 is 5.91 Å².